The number of hydrogen-bond acceptors (Lipinski definition) is 5. The summed E-state index contributed by atoms with van der Waals surface area (Å²) in [5.41, 5.74) is 2.23. The third-order valence-corrected chi connectivity index (χ3v) is 6.85. The van der Waals surface area contributed by atoms with Crippen molar-refractivity contribution in [3.63, 3.8) is 0 Å². The molecule has 1 aromatic rings. The Hall–Kier alpha value is -2.01. The number of rotatable bonds is 3. The molecule has 2 aliphatic heterocycles. The number of hydrogen-bond donors (Lipinski definition) is 1. The van der Waals surface area contributed by atoms with Crippen LogP contribution in [0.4, 0.5) is 0 Å². The minimum Gasteiger partial charge on any atom is -0.504 e. The van der Waals surface area contributed by atoms with Gasteiger partial charge in [0.2, 0.25) is 0 Å². The highest BCUT2D eigenvalue weighted by atomic mass is 16.6. The van der Waals surface area contributed by atoms with E-state index >= 15 is 0 Å². The van der Waals surface area contributed by atoms with Crippen molar-refractivity contribution in [2.75, 3.05) is 13.6 Å². The van der Waals surface area contributed by atoms with Gasteiger partial charge in [-0.15, -0.1) is 0 Å². The van der Waals surface area contributed by atoms with Gasteiger partial charge in [-0.3, -0.25) is 4.79 Å². The number of piperidine rings is 1. The molecule has 5 rings (SSSR count). The van der Waals surface area contributed by atoms with E-state index in [1.165, 1.54) is 5.56 Å². The molecular weight excluding hydrogens is 330 g/mol. The predicted molar refractivity (Wildman–Crippen MR) is 96.4 cm³/mol. The summed E-state index contributed by atoms with van der Waals surface area (Å²) in [5, 5.41) is 10.4. The molecule has 1 aromatic carbocycles. The smallest absolute Gasteiger partial charge is 0.306 e. The summed E-state index contributed by atoms with van der Waals surface area (Å²) in [4.78, 5) is 14.6. The first kappa shape index (κ1) is 16.2. The lowest BCUT2D eigenvalue weighted by molar-refractivity contribution is -0.155. The van der Waals surface area contributed by atoms with E-state index in [1.807, 2.05) is 19.1 Å². The van der Waals surface area contributed by atoms with Crippen molar-refractivity contribution in [1.29, 1.82) is 0 Å². The first-order chi connectivity index (χ1) is 12.6. The second-order valence-electron chi connectivity index (χ2n) is 8.14. The summed E-state index contributed by atoms with van der Waals surface area (Å²) < 4.78 is 12.1. The molecule has 0 saturated carbocycles. The number of phenols is 1. The topological polar surface area (TPSA) is 59.0 Å². The number of ether oxygens (including phenoxy) is 2. The van der Waals surface area contributed by atoms with Crippen LogP contribution in [0.15, 0.2) is 24.3 Å². The monoisotopic (exact) mass is 355 g/mol. The highest BCUT2D eigenvalue weighted by molar-refractivity contribution is 5.70. The molecule has 26 heavy (non-hydrogen) atoms. The molecule has 2 aliphatic carbocycles. The van der Waals surface area contributed by atoms with Crippen molar-refractivity contribution in [1.82, 2.24) is 4.90 Å². The van der Waals surface area contributed by atoms with Gasteiger partial charge in [-0.1, -0.05) is 19.1 Å². The summed E-state index contributed by atoms with van der Waals surface area (Å²) in [6.07, 6.45) is 6.71. The number of benzene rings is 1. The Kier molecular flexibility index (Phi) is 3.42. The molecule has 1 saturated heterocycles. The van der Waals surface area contributed by atoms with Crippen molar-refractivity contribution in [2.45, 2.75) is 56.3 Å². The number of nitrogens with zero attached hydrogens (tertiary/aromatic N) is 1. The molecular formula is C21H25NO4. The summed E-state index contributed by atoms with van der Waals surface area (Å²) in [5.74, 6) is 0.951. The van der Waals surface area contributed by atoms with Crippen LogP contribution >= 0.6 is 0 Å². The second-order valence-corrected chi connectivity index (χ2v) is 8.14. The number of likely N-dealkylation sites (tertiary alicyclic amines) is 1. The summed E-state index contributed by atoms with van der Waals surface area (Å²) in [6, 6.07) is 4.20. The third-order valence-electron chi connectivity index (χ3n) is 6.85. The zero-order valence-electron chi connectivity index (χ0n) is 15.3. The molecule has 1 N–H and O–H groups in total. The average Bonchev–Trinajstić information content (AvgIpc) is 2.97. The maximum absolute atomic E-state index is 12.2. The Morgan fingerprint density at radius 2 is 2.27 bits per heavy atom. The van der Waals surface area contributed by atoms with Crippen molar-refractivity contribution in [3.05, 3.63) is 35.4 Å². The summed E-state index contributed by atoms with van der Waals surface area (Å²) in [7, 11) is 2.19. The van der Waals surface area contributed by atoms with Gasteiger partial charge in [-0.2, -0.15) is 0 Å². The van der Waals surface area contributed by atoms with Gasteiger partial charge >= 0.3 is 5.97 Å². The fourth-order valence-electron chi connectivity index (χ4n) is 5.74. The minimum atomic E-state index is -0.396. The van der Waals surface area contributed by atoms with Crippen LogP contribution in [0.3, 0.4) is 0 Å². The zero-order chi connectivity index (χ0) is 18.1. The van der Waals surface area contributed by atoms with E-state index in [2.05, 4.69) is 18.0 Å². The Labute approximate surface area is 153 Å². The maximum Gasteiger partial charge on any atom is 0.306 e. The normalized spacial score (nSPS) is 36.4. The highest BCUT2D eigenvalue weighted by Gasteiger charge is 2.65. The van der Waals surface area contributed by atoms with Gasteiger partial charge in [-0.25, -0.2) is 0 Å². The number of likely N-dealkylation sites (N-methyl/N-ethyl adjacent to an activating group) is 1. The number of phenolic OH excluding ortho intramolecular Hbond substituents is 1. The van der Waals surface area contributed by atoms with E-state index in [0.29, 0.717) is 24.1 Å². The standard InChI is InChI=1S/C21H25NO4/c1-3-4-17(24)25-16-8-6-13-14-11-12-5-7-15(23)19-18(12)21(13,20(16)26-19)9-10-22(14)2/h5-8,13-14,16,20,23H,3-4,9-11H2,1-2H3/t13-,14+,16-,20-,21-/m0/s1. The molecule has 2 bridgehead atoms. The minimum absolute atomic E-state index is 0.179. The quantitative estimate of drug-likeness (QED) is 0.667. The lowest BCUT2D eigenvalue weighted by atomic mass is 9.53. The number of aromatic hydroxyl groups is 1. The summed E-state index contributed by atoms with van der Waals surface area (Å²) >= 11 is 0. The number of esters is 1. The molecule has 0 aromatic heterocycles. The largest absolute Gasteiger partial charge is 0.504 e. The van der Waals surface area contributed by atoms with Gasteiger partial charge in [0.25, 0.3) is 0 Å². The van der Waals surface area contributed by atoms with Gasteiger partial charge in [0.05, 0.1) is 0 Å². The van der Waals surface area contributed by atoms with E-state index in [1.54, 1.807) is 6.07 Å². The van der Waals surface area contributed by atoms with E-state index in [0.717, 1.165) is 31.4 Å². The average molecular weight is 355 g/mol. The number of carbonyl (C=O) groups is 1. The first-order valence-corrected chi connectivity index (χ1v) is 9.66. The fraction of sp³-hybridized carbons (Fsp3) is 0.571. The van der Waals surface area contributed by atoms with E-state index < -0.39 is 6.10 Å². The molecule has 5 nitrogen and oxygen atoms in total. The van der Waals surface area contributed by atoms with Crippen LogP contribution in [-0.4, -0.2) is 47.8 Å². The molecule has 5 heteroatoms. The van der Waals surface area contributed by atoms with Gasteiger partial charge < -0.3 is 19.5 Å². The van der Waals surface area contributed by atoms with Crippen LogP contribution in [0, 0.1) is 5.92 Å². The van der Waals surface area contributed by atoms with Crippen molar-refractivity contribution in [3.8, 4) is 11.5 Å². The highest BCUT2D eigenvalue weighted by Crippen LogP contribution is 2.62. The zero-order valence-corrected chi connectivity index (χ0v) is 15.3. The third kappa shape index (κ3) is 1.92. The van der Waals surface area contributed by atoms with E-state index in [9.17, 15) is 9.90 Å². The van der Waals surface area contributed by atoms with Crippen LogP contribution in [0.2, 0.25) is 0 Å². The first-order valence-electron chi connectivity index (χ1n) is 9.66. The predicted octanol–water partition coefficient (Wildman–Crippen LogP) is 2.55. The molecule has 0 unspecified atom stereocenters. The summed E-state index contributed by atoms with van der Waals surface area (Å²) in [6.45, 7) is 2.96. The Balaban J connectivity index is 1.64. The van der Waals surface area contributed by atoms with Crippen molar-refractivity contribution in [2.24, 2.45) is 5.92 Å². The van der Waals surface area contributed by atoms with E-state index in [-0.39, 0.29) is 23.2 Å². The van der Waals surface area contributed by atoms with Crippen LogP contribution in [0.1, 0.15) is 37.3 Å². The number of carbonyl (C=O) groups excluding carboxylic acids is 1. The Bertz CT molecular complexity index is 803. The molecule has 2 heterocycles. The Morgan fingerprint density at radius 3 is 3.08 bits per heavy atom. The van der Waals surface area contributed by atoms with Crippen molar-refractivity contribution < 1.29 is 19.4 Å². The molecule has 5 atom stereocenters. The molecule has 138 valence electrons. The molecule has 1 spiro atoms. The van der Waals surface area contributed by atoms with Crippen molar-refractivity contribution >= 4 is 5.97 Å². The maximum atomic E-state index is 12.2. The van der Waals surface area contributed by atoms with Gasteiger partial charge in [0.15, 0.2) is 17.6 Å². The van der Waals surface area contributed by atoms with Crippen LogP contribution in [-0.2, 0) is 21.4 Å². The van der Waals surface area contributed by atoms with Crippen LogP contribution in [0.5, 0.6) is 11.5 Å². The SMILES string of the molecule is CCCC(=O)O[C@H]1C=C[C@H]2[C@H]3Cc4ccc(O)c5c4[C@@]2(CCN3C)[C@H]1O5. The lowest BCUT2D eigenvalue weighted by Gasteiger charge is -2.56. The van der Waals surface area contributed by atoms with Gasteiger partial charge in [0, 0.05) is 29.4 Å². The fourth-order valence-corrected chi connectivity index (χ4v) is 5.74. The Morgan fingerprint density at radius 1 is 1.42 bits per heavy atom. The van der Waals surface area contributed by atoms with E-state index in [4.69, 9.17) is 9.47 Å². The lowest BCUT2D eigenvalue weighted by Crippen LogP contribution is -2.65. The molecule has 0 radical (unpaired) electrons. The second kappa shape index (κ2) is 5.49. The molecule has 0 amide bonds. The van der Waals surface area contributed by atoms with Gasteiger partial charge in [-0.05, 0) is 50.6 Å². The van der Waals surface area contributed by atoms with Gasteiger partial charge in [0.1, 0.15) is 6.10 Å². The van der Waals surface area contributed by atoms with Crippen LogP contribution < -0.4 is 4.74 Å². The van der Waals surface area contributed by atoms with Crippen LogP contribution in [0.25, 0.3) is 0 Å². The molecule has 1 fully saturated rings. The molecule has 4 aliphatic rings.